The van der Waals surface area contributed by atoms with Crippen LogP contribution in [0.25, 0.3) is 11.0 Å². The van der Waals surface area contributed by atoms with Gasteiger partial charge in [0.15, 0.2) is 0 Å². The second-order valence-corrected chi connectivity index (χ2v) is 6.89. The molecule has 0 fully saturated rings. The van der Waals surface area contributed by atoms with Gasteiger partial charge < -0.3 is 10.3 Å². The van der Waals surface area contributed by atoms with Gasteiger partial charge in [0.2, 0.25) is 0 Å². The number of carbonyl (C=O) groups excluding carboxylic acids is 1. The summed E-state index contributed by atoms with van der Waals surface area (Å²) in [4.78, 5) is 20.7. The Morgan fingerprint density at radius 1 is 1.07 bits per heavy atom. The van der Waals surface area contributed by atoms with Crippen LogP contribution < -0.4 is 5.32 Å². The molecule has 6 heteroatoms. The van der Waals surface area contributed by atoms with Crippen molar-refractivity contribution in [2.24, 2.45) is 0 Å². The summed E-state index contributed by atoms with van der Waals surface area (Å²) in [5.41, 5.74) is 2.99. The molecular formula is C22H17ClFN3O. The van der Waals surface area contributed by atoms with Crippen molar-refractivity contribution in [3.63, 3.8) is 0 Å². The first kappa shape index (κ1) is 18.2. The average Bonchev–Trinajstić information content (AvgIpc) is 3.12. The van der Waals surface area contributed by atoms with Gasteiger partial charge in [0.05, 0.1) is 27.7 Å². The van der Waals surface area contributed by atoms with Gasteiger partial charge in [-0.2, -0.15) is 0 Å². The Morgan fingerprint density at radius 2 is 1.82 bits per heavy atom. The summed E-state index contributed by atoms with van der Waals surface area (Å²) in [5, 5.41) is 3.05. The van der Waals surface area contributed by atoms with Crippen molar-refractivity contribution in [2.45, 2.75) is 12.5 Å². The third kappa shape index (κ3) is 3.89. The zero-order valence-electron chi connectivity index (χ0n) is 14.8. The van der Waals surface area contributed by atoms with Crippen LogP contribution in [-0.2, 0) is 6.42 Å². The van der Waals surface area contributed by atoms with Crippen LogP contribution >= 0.6 is 11.6 Å². The molecule has 0 aliphatic rings. The summed E-state index contributed by atoms with van der Waals surface area (Å²) in [7, 11) is 0. The van der Waals surface area contributed by atoms with Crippen molar-refractivity contribution in [1.29, 1.82) is 0 Å². The predicted molar refractivity (Wildman–Crippen MR) is 108 cm³/mol. The standard InChI is InChI=1S/C22H17ClFN3O/c23-17-13-15(24)10-11-16(17)22(28)27-20(12-14-6-2-1-3-7-14)21-25-18-8-4-5-9-19(18)26-21/h1-11,13,20H,12H2,(H,25,26)(H,27,28). The molecule has 0 saturated heterocycles. The van der Waals surface area contributed by atoms with E-state index in [2.05, 4.69) is 15.3 Å². The number of hydrogen-bond donors (Lipinski definition) is 2. The second-order valence-electron chi connectivity index (χ2n) is 6.48. The number of rotatable bonds is 5. The Labute approximate surface area is 166 Å². The average molecular weight is 394 g/mol. The van der Waals surface area contributed by atoms with Crippen molar-refractivity contribution in [2.75, 3.05) is 0 Å². The van der Waals surface area contributed by atoms with E-state index in [1.165, 1.54) is 12.1 Å². The van der Waals surface area contributed by atoms with Crippen molar-refractivity contribution in [3.8, 4) is 0 Å². The summed E-state index contributed by atoms with van der Waals surface area (Å²) >= 11 is 6.05. The van der Waals surface area contributed by atoms with Crippen LogP contribution in [-0.4, -0.2) is 15.9 Å². The van der Waals surface area contributed by atoms with E-state index in [0.29, 0.717) is 12.2 Å². The third-order valence-electron chi connectivity index (χ3n) is 4.50. The van der Waals surface area contributed by atoms with E-state index in [1.807, 2.05) is 54.6 Å². The van der Waals surface area contributed by atoms with Crippen LogP contribution in [0.15, 0.2) is 72.8 Å². The lowest BCUT2D eigenvalue weighted by Gasteiger charge is -2.17. The Balaban J connectivity index is 1.67. The van der Waals surface area contributed by atoms with Crippen molar-refractivity contribution < 1.29 is 9.18 Å². The summed E-state index contributed by atoms with van der Waals surface area (Å²) in [5.74, 6) is -0.220. The molecular weight excluding hydrogens is 377 g/mol. The second kappa shape index (κ2) is 7.82. The molecule has 140 valence electrons. The molecule has 1 unspecified atom stereocenters. The topological polar surface area (TPSA) is 57.8 Å². The SMILES string of the molecule is O=C(NC(Cc1ccccc1)c1nc2ccccc2[nH]1)c1ccc(F)cc1Cl. The minimum absolute atomic E-state index is 0.0700. The molecule has 28 heavy (non-hydrogen) atoms. The summed E-state index contributed by atoms with van der Waals surface area (Å²) < 4.78 is 13.3. The van der Waals surface area contributed by atoms with E-state index >= 15 is 0 Å². The molecule has 3 aromatic carbocycles. The van der Waals surface area contributed by atoms with Gasteiger partial charge in [-0.15, -0.1) is 0 Å². The third-order valence-corrected chi connectivity index (χ3v) is 4.81. The highest BCUT2D eigenvalue weighted by molar-refractivity contribution is 6.33. The molecule has 2 N–H and O–H groups in total. The van der Waals surface area contributed by atoms with Crippen LogP contribution in [0.4, 0.5) is 4.39 Å². The maximum absolute atomic E-state index is 13.3. The lowest BCUT2D eigenvalue weighted by molar-refractivity contribution is 0.0935. The lowest BCUT2D eigenvalue weighted by atomic mass is 10.0. The van der Waals surface area contributed by atoms with Crippen LogP contribution in [0, 0.1) is 5.82 Å². The first-order valence-corrected chi connectivity index (χ1v) is 9.22. The minimum atomic E-state index is -0.486. The molecule has 0 aliphatic heterocycles. The van der Waals surface area contributed by atoms with Gasteiger partial charge in [-0.25, -0.2) is 9.37 Å². The number of nitrogens with zero attached hydrogens (tertiary/aromatic N) is 1. The Kier molecular flexibility index (Phi) is 5.08. The molecule has 4 nitrogen and oxygen atoms in total. The van der Waals surface area contributed by atoms with Gasteiger partial charge >= 0.3 is 0 Å². The van der Waals surface area contributed by atoms with Crippen LogP contribution in [0.3, 0.4) is 0 Å². The molecule has 0 radical (unpaired) electrons. The van der Waals surface area contributed by atoms with Gasteiger partial charge in [0, 0.05) is 0 Å². The van der Waals surface area contributed by atoms with Gasteiger partial charge in [0.1, 0.15) is 11.6 Å². The van der Waals surface area contributed by atoms with E-state index in [-0.39, 0.29) is 16.5 Å². The summed E-state index contributed by atoms with van der Waals surface area (Å²) in [6.07, 6.45) is 0.547. The lowest BCUT2D eigenvalue weighted by Crippen LogP contribution is -2.31. The zero-order valence-corrected chi connectivity index (χ0v) is 15.6. The number of nitrogens with one attached hydrogen (secondary N) is 2. The van der Waals surface area contributed by atoms with Crippen molar-refractivity contribution in [1.82, 2.24) is 15.3 Å². The van der Waals surface area contributed by atoms with Gasteiger partial charge in [-0.3, -0.25) is 4.79 Å². The van der Waals surface area contributed by atoms with Gasteiger partial charge in [-0.1, -0.05) is 54.1 Å². The maximum atomic E-state index is 13.3. The highest BCUT2D eigenvalue weighted by Crippen LogP contribution is 2.22. The van der Waals surface area contributed by atoms with Gasteiger partial charge in [0.25, 0.3) is 5.91 Å². The highest BCUT2D eigenvalue weighted by Gasteiger charge is 2.21. The van der Waals surface area contributed by atoms with Crippen molar-refractivity contribution >= 4 is 28.5 Å². The van der Waals surface area contributed by atoms with E-state index < -0.39 is 11.9 Å². The number of imidazole rings is 1. The van der Waals surface area contributed by atoms with Crippen LogP contribution in [0.5, 0.6) is 0 Å². The Hall–Kier alpha value is -3.18. The Morgan fingerprint density at radius 3 is 2.57 bits per heavy atom. The number of benzene rings is 3. The fraction of sp³-hybridized carbons (Fsp3) is 0.0909. The number of amides is 1. The van der Waals surface area contributed by atoms with E-state index in [4.69, 9.17) is 11.6 Å². The molecule has 4 aromatic rings. The fourth-order valence-electron chi connectivity index (χ4n) is 3.11. The van der Waals surface area contributed by atoms with Gasteiger partial charge in [-0.05, 0) is 42.3 Å². The van der Waals surface area contributed by atoms with E-state index in [0.717, 1.165) is 22.7 Å². The summed E-state index contributed by atoms with van der Waals surface area (Å²) in [6, 6.07) is 20.8. The number of aromatic nitrogens is 2. The maximum Gasteiger partial charge on any atom is 0.253 e. The number of hydrogen-bond acceptors (Lipinski definition) is 2. The number of halogens is 2. The molecule has 1 aromatic heterocycles. The normalized spacial score (nSPS) is 12.1. The van der Waals surface area contributed by atoms with Crippen LogP contribution in [0.1, 0.15) is 27.8 Å². The number of aromatic amines is 1. The predicted octanol–water partition coefficient (Wildman–Crippen LogP) is 5.07. The van der Waals surface area contributed by atoms with E-state index in [9.17, 15) is 9.18 Å². The molecule has 1 amide bonds. The molecule has 1 atom stereocenters. The number of fused-ring (bicyclic) bond motifs is 1. The number of para-hydroxylation sites is 2. The highest BCUT2D eigenvalue weighted by atomic mass is 35.5. The number of carbonyl (C=O) groups is 1. The Bertz CT molecular complexity index is 1090. The molecule has 1 heterocycles. The fourth-order valence-corrected chi connectivity index (χ4v) is 3.37. The van der Waals surface area contributed by atoms with Crippen LogP contribution in [0.2, 0.25) is 5.02 Å². The first-order valence-electron chi connectivity index (χ1n) is 8.84. The molecule has 0 bridgehead atoms. The first-order chi connectivity index (χ1) is 13.6. The smallest absolute Gasteiger partial charge is 0.253 e. The molecule has 4 rings (SSSR count). The monoisotopic (exact) mass is 393 g/mol. The van der Waals surface area contributed by atoms with E-state index in [1.54, 1.807) is 0 Å². The molecule has 0 spiro atoms. The molecule has 0 aliphatic carbocycles. The summed E-state index contributed by atoms with van der Waals surface area (Å²) in [6.45, 7) is 0. The van der Waals surface area contributed by atoms with Crippen molar-refractivity contribution in [3.05, 3.63) is 101 Å². The quantitative estimate of drug-likeness (QED) is 0.497. The number of H-pyrrole nitrogens is 1. The molecule has 0 saturated carbocycles. The minimum Gasteiger partial charge on any atom is -0.342 e. The zero-order chi connectivity index (χ0) is 19.5. The largest absolute Gasteiger partial charge is 0.342 e.